The van der Waals surface area contributed by atoms with Crippen LogP contribution in [0.3, 0.4) is 0 Å². The van der Waals surface area contributed by atoms with Crippen molar-refractivity contribution in [2.24, 2.45) is 11.8 Å². The Kier molecular flexibility index (Phi) is 4.94. The van der Waals surface area contributed by atoms with Gasteiger partial charge in [0.2, 0.25) is 0 Å². The lowest BCUT2D eigenvalue weighted by Gasteiger charge is -2.24. The van der Waals surface area contributed by atoms with Gasteiger partial charge in [0.05, 0.1) is 19.1 Å². The minimum absolute atomic E-state index is 0.336. The maximum Gasteiger partial charge on any atom is 0.311 e. The van der Waals surface area contributed by atoms with Crippen molar-refractivity contribution in [1.82, 2.24) is 0 Å². The first-order chi connectivity index (χ1) is 8.79. The minimum Gasteiger partial charge on any atom is -0.469 e. The van der Waals surface area contributed by atoms with E-state index in [1.165, 1.54) is 0 Å². The highest BCUT2D eigenvalue weighted by Gasteiger charge is 2.34. The topological polar surface area (TPSA) is 46.5 Å². The molecule has 6 heteroatoms. The Bertz CT molecular complexity index is 474. The van der Waals surface area contributed by atoms with Crippen LogP contribution in [-0.2, 0) is 9.53 Å². The van der Waals surface area contributed by atoms with Crippen molar-refractivity contribution in [3.8, 4) is 0 Å². The predicted octanol–water partition coefficient (Wildman–Crippen LogP) is 2.58. The third kappa shape index (κ3) is 3.26. The van der Waals surface area contributed by atoms with E-state index in [0.717, 1.165) is 7.11 Å². The van der Waals surface area contributed by atoms with Crippen LogP contribution in [0.4, 0.5) is 13.2 Å². The quantitative estimate of drug-likeness (QED) is 0.679. The average Bonchev–Trinajstić information content (AvgIpc) is 2.33. The van der Waals surface area contributed by atoms with Crippen molar-refractivity contribution in [2.75, 3.05) is 7.11 Å². The molecular formula is C13H15F3O3. The molecule has 3 nitrogen and oxygen atoms in total. The number of carbonyl (C=O) groups excluding carboxylic acids is 1. The maximum atomic E-state index is 13.6. The Morgan fingerprint density at radius 1 is 1.16 bits per heavy atom. The molecule has 0 aliphatic heterocycles. The van der Waals surface area contributed by atoms with E-state index >= 15 is 0 Å². The summed E-state index contributed by atoms with van der Waals surface area (Å²) >= 11 is 0. The zero-order chi connectivity index (χ0) is 14.7. The number of hydrogen-bond acceptors (Lipinski definition) is 3. The van der Waals surface area contributed by atoms with Gasteiger partial charge in [-0.2, -0.15) is 0 Å². The first kappa shape index (κ1) is 15.5. The fraction of sp³-hybridized carbons (Fsp3) is 0.462. The number of ether oxygens (including phenoxy) is 1. The van der Waals surface area contributed by atoms with Crippen LogP contribution in [-0.4, -0.2) is 18.2 Å². The van der Waals surface area contributed by atoms with Gasteiger partial charge in [0.1, 0.15) is 5.82 Å². The fourth-order valence-corrected chi connectivity index (χ4v) is 1.86. The largest absolute Gasteiger partial charge is 0.469 e. The summed E-state index contributed by atoms with van der Waals surface area (Å²) in [5.74, 6) is -5.93. The molecule has 0 fully saturated rings. The van der Waals surface area contributed by atoms with Crippen molar-refractivity contribution in [1.29, 1.82) is 0 Å². The molecule has 0 radical (unpaired) electrons. The summed E-state index contributed by atoms with van der Waals surface area (Å²) in [6.07, 6.45) is -1.61. The summed E-state index contributed by atoms with van der Waals surface area (Å²) in [4.78, 5) is 11.6. The number of methoxy groups -OCH3 is 1. The Balaban J connectivity index is 3.20. The molecule has 0 aliphatic carbocycles. The predicted molar refractivity (Wildman–Crippen MR) is 61.6 cm³/mol. The standard InChI is InChI=1S/C13H15F3O3/c1-6(2)11(13(18)19-3)12(17)7-4-9(15)10(16)5-8(7)14/h4-6,11-12,17H,1-3H3. The van der Waals surface area contributed by atoms with Crippen LogP contribution >= 0.6 is 0 Å². The normalized spacial score (nSPS) is 14.3. The van der Waals surface area contributed by atoms with E-state index in [-0.39, 0.29) is 5.92 Å². The van der Waals surface area contributed by atoms with Gasteiger partial charge in [-0.05, 0) is 12.0 Å². The molecule has 0 aromatic heterocycles. The van der Waals surface area contributed by atoms with Gasteiger partial charge in [0, 0.05) is 11.6 Å². The molecule has 1 aromatic rings. The maximum absolute atomic E-state index is 13.6. The van der Waals surface area contributed by atoms with Crippen LogP contribution in [0.1, 0.15) is 25.5 Å². The smallest absolute Gasteiger partial charge is 0.311 e. The van der Waals surface area contributed by atoms with Gasteiger partial charge in [-0.1, -0.05) is 13.8 Å². The monoisotopic (exact) mass is 276 g/mol. The highest BCUT2D eigenvalue weighted by atomic mass is 19.2. The number of aliphatic hydroxyl groups excluding tert-OH is 1. The second kappa shape index (κ2) is 6.06. The highest BCUT2D eigenvalue weighted by Crippen LogP contribution is 2.31. The van der Waals surface area contributed by atoms with Crippen LogP contribution in [0, 0.1) is 29.3 Å². The van der Waals surface area contributed by atoms with Gasteiger partial charge in [-0.15, -0.1) is 0 Å². The van der Waals surface area contributed by atoms with E-state index in [4.69, 9.17) is 0 Å². The summed E-state index contributed by atoms with van der Waals surface area (Å²) in [7, 11) is 1.13. The molecule has 0 amide bonds. The van der Waals surface area contributed by atoms with E-state index in [2.05, 4.69) is 4.74 Å². The minimum atomic E-state index is -1.61. The lowest BCUT2D eigenvalue weighted by Crippen LogP contribution is -2.29. The molecule has 0 bridgehead atoms. The number of halogens is 3. The highest BCUT2D eigenvalue weighted by molar-refractivity contribution is 5.73. The first-order valence-corrected chi connectivity index (χ1v) is 5.70. The van der Waals surface area contributed by atoms with Gasteiger partial charge in [-0.3, -0.25) is 4.79 Å². The number of aliphatic hydroxyl groups is 1. The van der Waals surface area contributed by atoms with E-state index in [9.17, 15) is 23.1 Å². The van der Waals surface area contributed by atoms with Gasteiger partial charge < -0.3 is 9.84 Å². The second-order valence-electron chi connectivity index (χ2n) is 4.53. The van der Waals surface area contributed by atoms with Crippen LogP contribution < -0.4 is 0 Å². The lowest BCUT2D eigenvalue weighted by molar-refractivity contribution is -0.152. The van der Waals surface area contributed by atoms with Gasteiger partial charge in [-0.25, -0.2) is 13.2 Å². The summed E-state index contributed by atoms with van der Waals surface area (Å²) in [6.45, 7) is 3.26. The zero-order valence-corrected chi connectivity index (χ0v) is 10.8. The summed E-state index contributed by atoms with van der Waals surface area (Å²) in [6, 6.07) is 0.885. The molecule has 1 aromatic carbocycles. The molecule has 0 heterocycles. The molecule has 106 valence electrons. The molecule has 0 spiro atoms. The van der Waals surface area contributed by atoms with Crippen molar-refractivity contribution in [3.63, 3.8) is 0 Å². The number of hydrogen-bond donors (Lipinski definition) is 1. The number of carbonyl (C=O) groups is 1. The molecule has 0 saturated heterocycles. The Morgan fingerprint density at radius 3 is 2.16 bits per heavy atom. The number of benzene rings is 1. The van der Waals surface area contributed by atoms with E-state index in [1.54, 1.807) is 13.8 Å². The zero-order valence-electron chi connectivity index (χ0n) is 10.8. The fourth-order valence-electron chi connectivity index (χ4n) is 1.86. The van der Waals surface area contributed by atoms with Crippen LogP contribution in [0.2, 0.25) is 0 Å². The Labute approximate surface area is 109 Å². The van der Waals surface area contributed by atoms with E-state index < -0.39 is 41.0 Å². The van der Waals surface area contributed by atoms with E-state index in [1.807, 2.05) is 0 Å². The van der Waals surface area contributed by atoms with Crippen molar-refractivity contribution in [2.45, 2.75) is 20.0 Å². The molecule has 0 aliphatic rings. The lowest BCUT2D eigenvalue weighted by atomic mass is 9.86. The number of esters is 1. The molecular weight excluding hydrogens is 261 g/mol. The second-order valence-corrected chi connectivity index (χ2v) is 4.53. The third-order valence-electron chi connectivity index (χ3n) is 2.89. The molecule has 2 atom stereocenters. The molecule has 19 heavy (non-hydrogen) atoms. The van der Waals surface area contributed by atoms with Crippen molar-refractivity contribution in [3.05, 3.63) is 35.1 Å². The van der Waals surface area contributed by atoms with Gasteiger partial charge in [0.25, 0.3) is 0 Å². The Hall–Kier alpha value is -1.56. The van der Waals surface area contributed by atoms with Crippen LogP contribution in [0.25, 0.3) is 0 Å². The van der Waals surface area contributed by atoms with Crippen LogP contribution in [0.15, 0.2) is 12.1 Å². The number of rotatable bonds is 4. The third-order valence-corrected chi connectivity index (χ3v) is 2.89. The molecule has 2 unspecified atom stereocenters. The van der Waals surface area contributed by atoms with Gasteiger partial charge >= 0.3 is 5.97 Å². The van der Waals surface area contributed by atoms with Crippen molar-refractivity contribution < 1.29 is 27.8 Å². The molecule has 1 rings (SSSR count). The van der Waals surface area contributed by atoms with Crippen LogP contribution in [0.5, 0.6) is 0 Å². The summed E-state index contributed by atoms with van der Waals surface area (Å²) in [5.41, 5.74) is -0.469. The first-order valence-electron chi connectivity index (χ1n) is 5.70. The summed E-state index contributed by atoms with van der Waals surface area (Å²) < 4.78 is 44.0. The summed E-state index contributed by atoms with van der Waals surface area (Å²) in [5, 5.41) is 10.0. The molecule has 1 N–H and O–H groups in total. The Morgan fingerprint density at radius 2 is 1.68 bits per heavy atom. The van der Waals surface area contributed by atoms with Gasteiger partial charge in [0.15, 0.2) is 11.6 Å². The van der Waals surface area contributed by atoms with E-state index in [0.29, 0.717) is 12.1 Å². The van der Waals surface area contributed by atoms with Crippen molar-refractivity contribution >= 4 is 5.97 Å². The molecule has 0 saturated carbocycles. The SMILES string of the molecule is COC(=O)C(C(C)C)C(O)c1cc(F)c(F)cc1F. The average molecular weight is 276 g/mol.